The third-order valence-corrected chi connectivity index (χ3v) is 4.87. The minimum atomic E-state index is -3.34. The molecule has 120 valence electrons. The van der Waals surface area contributed by atoms with E-state index in [0.717, 1.165) is 30.8 Å². The summed E-state index contributed by atoms with van der Waals surface area (Å²) < 4.78 is 27.2. The molecule has 0 saturated heterocycles. The van der Waals surface area contributed by atoms with E-state index in [9.17, 15) is 8.42 Å². The van der Waals surface area contributed by atoms with Crippen LogP contribution in [0.3, 0.4) is 0 Å². The first-order chi connectivity index (χ1) is 9.90. The highest BCUT2D eigenvalue weighted by molar-refractivity contribution is 7.88. The number of likely N-dealkylation sites (N-methyl/N-ethyl adjacent to an activating group) is 1. The van der Waals surface area contributed by atoms with Gasteiger partial charge in [0.25, 0.3) is 0 Å². The maximum Gasteiger partial charge on any atom is 0.216 e. The Morgan fingerprint density at radius 2 is 1.86 bits per heavy atom. The molecule has 3 N–H and O–H groups in total. The van der Waals surface area contributed by atoms with Crippen molar-refractivity contribution in [3.05, 3.63) is 35.4 Å². The first-order valence-electron chi connectivity index (χ1n) is 7.40. The molecule has 1 rings (SSSR count). The van der Waals surface area contributed by atoms with Crippen molar-refractivity contribution in [1.82, 2.24) is 9.62 Å². The van der Waals surface area contributed by atoms with E-state index in [-0.39, 0.29) is 11.8 Å². The van der Waals surface area contributed by atoms with Gasteiger partial charge in [0.15, 0.2) is 0 Å². The highest BCUT2D eigenvalue weighted by atomic mass is 32.2. The van der Waals surface area contributed by atoms with Crippen molar-refractivity contribution in [3.63, 3.8) is 0 Å². The van der Waals surface area contributed by atoms with Crippen LogP contribution in [0.15, 0.2) is 24.3 Å². The maximum absolute atomic E-state index is 12.2. The molecule has 0 saturated carbocycles. The second-order valence-corrected chi connectivity index (χ2v) is 7.04. The molecule has 1 aromatic carbocycles. The van der Waals surface area contributed by atoms with Crippen molar-refractivity contribution in [3.8, 4) is 0 Å². The lowest BCUT2D eigenvalue weighted by Crippen LogP contribution is -2.42. The van der Waals surface area contributed by atoms with Gasteiger partial charge in [-0.3, -0.25) is 0 Å². The summed E-state index contributed by atoms with van der Waals surface area (Å²) in [5.74, 6) is -0.0105. The molecule has 0 aliphatic heterocycles. The van der Waals surface area contributed by atoms with Gasteiger partial charge in [-0.1, -0.05) is 38.1 Å². The summed E-state index contributed by atoms with van der Waals surface area (Å²) in [5, 5.41) is 0. The Morgan fingerprint density at radius 3 is 2.43 bits per heavy atom. The molecule has 0 fully saturated rings. The van der Waals surface area contributed by atoms with Gasteiger partial charge in [-0.2, -0.15) is 0 Å². The summed E-state index contributed by atoms with van der Waals surface area (Å²) in [7, 11) is -3.34. The zero-order chi connectivity index (χ0) is 15.9. The smallest absolute Gasteiger partial charge is 0.216 e. The van der Waals surface area contributed by atoms with Crippen molar-refractivity contribution < 1.29 is 8.42 Å². The standard InChI is InChI=1S/C15H27N3O2S/c1-4-18(5-2)11-13(3)17-21(19,20)12-15-8-6-7-14(9-15)10-16/h6-9,13,17H,4-5,10-12,16H2,1-3H3. The summed E-state index contributed by atoms with van der Waals surface area (Å²) in [4.78, 5) is 2.20. The summed E-state index contributed by atoms with van der Waals surface area (Å²) in [6.45, 7) is 9.01. The topological polar surface area (TPSA) is 75.4 Å². The van der Waals surface area contributed by atoms with Gasteiger partial charge in [-0.15, -0.1) is 0 Å². The summed E-state index contributed by atoms with van der Waals surface area (Å²) >= 11 is 0. The summed E-state index contributed by atoms with van der Waals surface area (Å²) in [6.07, 6.45) is 0. The van der Waals surface area contributed by atoms with Gasteiger partial charge in [0.1, 0.15) is 0 Å². The fraction of sp³-hybridized carbons (Fsp3) is 0.600. The lowest BCUT2D eigenvalue weighted by Gasteiger charge is -2.23. The van der Waals surface area contributed by atoms with E-state index in [4.69, 9.17) is 5.73 Å². The monoisotopic (exact) mass is 313 g/mol. The molecule has 1 unspecified atom stereocenters. The summed E-state index contributed by atoms with van der Waals surface area (Å²) in [6, 6.07) is 7.29. The zero-order valence-corrected chi connectivity index (χ0v) is 14.0. The molecule has 0 aliphatic carbocycles. The van der Waals surface area contributed by atoms with Gasteiger partial charge in [0.2, 0.25) is 10.0 Å². The highest BCUT2D eigenvalue weighted by Crippen LogP contribution is 2.09. The van der Waals surface area contributed by atoms with Crippen molar-refractivity contribution in [2.45, 2.75) is 39.1 Å². The number of nitrogens with zero attached hydrogens (tertiary/aromatic N) is 1. The Labute approximate surface area is 128 Å². The lowest BCUT2D eigenvalue weighted by atomic mass is 10.1. The van der Waals surface area contributed by atoms with Crippen molar-refractivity contribution in [1.29, 1.82) is 0 Å². The molecule has 0 bridgehead atoms. The molecule has 6 heteroatoms. The van der Waals surface area contributed by atoms with E-state index < -0.39 is 10.0 Å². The van der Waals surface area contributed by atoms with Crippen molar-refractivity contribution in [2.75, 3.05) is 19.6 Å². The number of rotatable bonds is 9. The maximum atomic E-state index is 12.2. The van der Waals surface area contributed by atoms with Gasteiger partial charge in [-0.25, -0.2) is 13.1 Å². The van der Waals surface area contributed by atoms with Crippen LogP contribution >= 0.6 is 0 Å². The SMILES string of the molecule is CCN(CC)CC(C)NS(=O)(=O)Cc1cccc(CN)c1. The van der Waals surface area contributed by atoms with Gasteiger partial charge < -0.3 is 10.6 Å². The van der Waals surface area contributed by atoms with Crippen molar-refractivity contribution in [2.24, 2.45) is 5.73 Å². The number of nitrogens with one attached hydrogen (secondary N) is 1. The third kappa shape index (κ3) is 6.56. The predicted octanol–water partition coefficient (Wildman–Crippen LogP) is 1.30. The molecule has 0 aromatic heterocycles. The fourth-order valence-electron chi connectivity index (χ4n) is 2.32. The van der Waals surface area contributed by atoms with Crippen LogP contribution in [0.5, 0.6) is 0 Å². The van der Waals surface area contributed by atoms with Crippen molar-refractivity contribution >= 4 is 10.0 Å². The average molecular weight is 313 g/mol. The normalized spacial score (nSPS) is 13.6. The molecule has 0 heterocycles. The molecular weight excluding hydrogens is 286 g/mol. The first kappa shape index (κ1) is 18.1. The molecule has 0 aliphatic rings. The first-order valence-corrected chi connectivity index (χ1v) is 9.05. The zero-order valence-electron chi connectivity index (χ0n) is 13.2. The summed E-state index contributed by atoms with van der Waals surface area (Å²) in [5.41, 5.74) is 7.29. The number of hydrogen-bond donors (Lipinski definition) is 2. The van der Waals surface area contributed by atoms with Gasteiger partial charge >= 0.3 is 0 Å². The van der Waals surface area contributed by atoms with Crippen LogP contribution in [0.2, 0.25) is 0 Å². The Bertz CT molecular complexity index is 527. The molecule has 0 spiro atoms. The van der Waals surface area contributed by atoms with Crippen LogP contribution in [-0.2, 0) is 22.3 Å². The molecule has 1 atom stereocenters. The number of hydrogen-bond acceptors (Lipinski definition) is 4. The molecule has 21 heavy (non-hydrogen) atoms. The largest absolute Gasteiger partial charge is 0.326 e. The van der Waals surface area contributed by atoms with E-state index in [1.165, 1.54) is 0 Å². The second-order valence-electron chi connectivity index (χ2n) is 5.29. The van der Waals surface area contributed by atoms with Crippen LogP contribution in [0, 0.1) is 0 Å². The Kier molecular flexibility index (Phi) is 7.31. The fourth-order valence-corrected chi connectivity index (χ4v) is 3.71. The molecule has 0 amide bonds. The Morgan fingerprint density at radius 1 is 1.24 bits per heavy atom. The van der Waals surface area contributed by atoms with E-state index in [2.05, 4.69) is 23.5 Å². The van der Waals surface area contributed by atoms with Crippen LogP contribution < -0.4 is 10.5 Å². The van der Waals surface area contributed by atoms with Gasteiger partial charge in [-0.05, 0) is 31.1 Å². The molecular formula is C15H27N3O2S. The number of nitrogens with two attached hydrogens (primary N) is 1. The van der Waals surface area contributed by atoms with Gasteiger partial charge in [0, 0.05) is 19.1 Å². The van der Waals surface area contributed by atoms with Gasteiger partial charge in [0.05, 0.1) is 5.75 Å². The Hall–Kier alpha value is -0.950. The second kappa shape index (κ2) is 8.48. The minimum absolute atomic E-state index is 0.0105. The quantitative estimate of drug-likeness (QED) is 0.720. The highest BCUT2D eigenvalue weighted by Gasteiger charge is 2.17. The lowest BCUT2D eigenvalue weighted by molar-refractivity contribution is 0.282. The third-order valence-electron chi connectivity index (χ3n) is 3.39. The van der Waals surface area contributed by atoms with E-state index in [0.29, 0.717) is 6.54 Å². The minimum Gasteiger partial charge on any atom is -0.326 e. The number of benzene rings is 1. The molecule has 5 nitrogen and oxygen atoms in total. The van der Waals surface area contributed by atoms with Crippen LogP contribution in [0.1, 0.15) is 31.9 Å². The van der Waals surface area contributed by atoms with Crippen LogP contribution in [0.4, 0.5) is 0 Å². The predicted molar refractivity (Wildman–Crippen MR) is 87.3 cm³/mol. The van der Waals surface area contributed by atoms with Crippen LogP contribution in [-0.4, -0.2) is 39.0 Å². The average Bonchev–Trinajstić information content (AvgIpc) is 2.43. The molecule has 0 radical (unpaired) electrons. The number of sulfonamides is 1. The van der Waals surface area contributed by atoms with E-state index in [1.807, 2.05) is 31.2 Å². The Balaban J connectivity index is 2.64. The van der Waals surface area contributed by atoms with Crippen LogP contribution in [0.25, 0.3) is 0 Å². The van der Waals surface area contributed by atoms with E-state index in [1.54, 1.807) is 0 Å². The van der Waals surface area contributed by atoms with E-state index >= 15 is 0 Å². The molecule has 1 aromatic rings.